The van der Waals surface area contributed by atoms with E-state index in [4.69, 9.17) is 0 Å². The molecule has 1 aromatic carbocycles. The van der Waals surface area contributed by atoms with E-state index < -0.39 is 18.0 Å². The van der Waals surface area contributed by atoms with E-state index in [9.17, 15) is 22.8 Å². The first-order valence-electron chi connectivity index (χ1n) is 8.71. The third kappa shape index (κ3) is 5.19. The van der Waals surface area contributed by atoms with Gasteiger partial charge in [0.05, 0.1) is 17.0 Å². The second kappa shape index (κ2) is 8.72. The molecule has 0 atom stereocenters. The molecule has 0 aliphatic rings. The summed E-state index contributed by atoms with van der Waals surface area (Å²) in [6.07, 6.45) is -1.91. The molecule has 1 amide bonds. The summed E-state index contributed by atoms with van der Waals surface area (Å²) in [6, 6.07) is 7.96. The number of carbonyl (C=O) groups is 1. The van der Waals surface area contributed by atoms with Gasteiger partial charge in [0.25, 0.3) is 11.5 Å². The number of nitrogens with one attached hydrogen (secondary N) is 1. The third-order valence-corrected chi connectivity index (χ3v) is 4.06. The summed E-state index contributed by atoms with van der Waals surface area (Å²) in [5, 5.41) is 2.51. The van der Waals surface area contributed by atoms with Crippen LogP contribution in [0.1, 0.15) is 16.2 Å². The molecule has 0 aliphatic carbocycles. The van der Waals surface area contributed by atoms with Gasteiger partial charge in [0.15, 0.2) is 0 Å². The Hall–Kier alpha value is -3.76. The number of rotatable bonds is 6. The van der Waals surface area contributed by atoms with Crippen LogP contribution >= 0.6 is 0 Å². The van der Waals surface area contributed by atoms with Crippen molar-refractivity contribution >= 4 is 5.91 Å². The van der Waals surface area contributed by atoms with Crippen molar-refractivity contribution in [2.45, 2.75) is 12.8 Å². The molecule has 0 saturated carbocycles. The number of amides is 1. The predicted octanol–water partition coefficient (Wildman–Crippen LogP) is 2.11. The fourth-order valence-corrected chi connectivity index (χ4v) is 2.64. The first-order valence-corrected chi connectivity index (χ1v) is 8.71. The Morgan fingerprint density at radius 2 is 1.97 bits per heavy atom. The molecule has 0 spiro atoms. The topological polar surface area (TPSA) is 99.0 Å². The number of ether oxygens (including phenoxy) is 1. The van der Waals surface area contributed by atoms with Crippen LogP contribution in [0.3, 0.4) is 0 Å². The molecule has 0 unspecified atom stereocenters. The second-order valence-corrected chi connectivity index (χ2v) is 6.10. The summed E-state index contributed by atoms with van der Waals surface area (Å²) in [6.45, 7) is 0.0344. The van der Waals surface area contributed by atoms with Crippen molar-refractivity contribution in [1.82, 2.24) is 24.8 Å². The first-order chi connectivity index (χ1) is 14.2. The number of alkyl halides is 3. The number of halogens is 3. The molecule has 0 aliphatic heterocycles. The maximum atomic E-state index is 12.5. The lowest BCUT2D eigenvalue weighted by molar-refractivity contribution is -0.274. The fraction of sp³-hybridized carbons (Fsp3) is 0.211. The minimum absolute atomic E-state index is 0.0344. The van der Waals surface area contributed by atoms with Gasteiger partial charge in [0, 0.05) is 32.3 Å². The molecule has 156 valence electrons. The van der Waals surface area contributed by atoms with E-state index in [-0.39, 0.29) is 24.1 Å². The Kier molecular flexibility index (Phi) is 6.09. The summed E-state index contributed by atoms with van der Waals surface area (Å²) >= 11 is 0. The molecule has 0 fully saturated rings. The van der Waals surface area contributed by atoms with E-state index in [0.717, 1.165) is 6.07 Å². The molecule has 30 heavy (non-hydrogen) atoms. The van der Waals surface area contributed by atoms with Crippen LogP contribution in [0.15, 0.2) is 53.7 Å². The summed E-state index contributed by atoms with van der Waals surface area (Å²) in [5.41, 5.74) is 0.243. The monoisotopic (exact) mass is 419 g/mol. The average molecular weight is 419 g/mol. The van der Waals surface area contributed by atoms with Crippen molar-refractivity contribution in [3.05, 3.63) is 70.7 Å². The maximum absolute atomic E-state index is 12.5. The van der Waals surface area contributed by atoms with E-state index in [1.54, 1.807) is 6.07 Å². The van der Waals surface area contributed by atoms with E-state index in [1.165, 1.54) is 48.4 Å². The number of hydrogen-bond acceptors (Lipinski definition) is 6. The van der Waals surface area contributed by atoms with Gasteiger partial charge in [0.1, 0.15) is 17.9 Å². The van der Waals surface area contributed by atoms with Crippen LogP contribution in [0.2, 0.25) is 0 Å². The van der Waals surface area contributed by atoms with Crippen molar-refractivity contribution in [1.29, 1.82) is 0 Å². The van der Waals surface area contributed by atoms with Gasteiger partial charge in [-0.25, -0.2) is 15.0 Å². The van der Waals surface area contributed by atoms with E-state index in [0.29, 0.717) is 17.2 Å². The zero-order valence-corrected chi connectivity index (χ0v) is 15.7. The van der Waals surface area contributed by atoms with Crippen LogP contribution in [-0.2, 0) is 13.5 Å². The molecule has 0 saturated heterocycles. The SMILES string of the molecule is Cn1c(CCNC(=O)c2ccccc2OC(F)(F)F)nc(-c2ccncn2)cc1=O. The normalized spacial score (nSPS) is 11.2. The molecule has 2 heterocycles. The highest BCUT2D eigenvalue weighted by atomic mass is 19.4. The molecule has 11 heteroatoms. The molecule has 0 radical (unpaired) electrons. The van der Waals surface area contributed by atoms with E-state index >= 15 is 0 Å². The number of para-hydroxylation sites is 1. The van der Waals surface area contributed by atoms with Crippen molar-refractivity contribution in [3.8, 4) is 17.1 Å². The lowest BCUT2D eigenvalue weighted by Gasteiger charge is -2.13. The van der Waals surface area contributed by atoms with E-state index in [2.05, 4.69) is 25.0 Å². The van der Waals surface area contributed by atoms with E-state index in [1.807, 2.05) is 0 Å². The lowest BCUT2D eigenvalue weighted by atomic mass is 10.2. The largest absolute Gasteiger partial charge is 0.573 e. The number of benzene rings is 1. The molecular weight excluding hydrogens is 403 g/mol. The summed E-state index contributed by atoms with van der Waals surface area (Å²) in [4.78, 5) is 36.8. The highest BCUT2D eigenvalue weighted by Crippen LogP contribution is 2.26. The lowest BCUT2D eigenvalue weighted by Crippen LogP contribution is -2.30. The maximum Gasteiger partial charge on any atom is 0.573 e. The number of carbonyl (C=O) groups excluding carboxylic acids is 1. The first kappa shape index (κ1) is 21.0. The van der Waals surface area contributed by atoms with Gasteiger partial charge in [0.2, 0.25) is 0 Å². The van der Waals surface area contributed by atoms with Crippen molar-refractivity contribution < 1.29 is 22.7 Å². The summed E-state index contributed by atoms with van der Waals surface area (Å²) < 4.78 is 42.7. The highest BCUT2D eigenvalue weighted by Gasteiger charge is 2.32. The zero-order valence-electron chi connectivity index (χ0n) is 15.7. The standard InChI is InChI=1S/C19H16F3N5O3/c1-27-16(26-14(10-17(27)28)13-6-8-23-11-25-13)7-9-24-18(29)12-4-2-3-5-15(12)30-19(20,21)22/h2-6,8,10-11H,7,9H2,1H3,(H,24,29). The van der Waals surface area contributed by atoms with Gasteiger partial charge in [-0.3, -0.25) is 14.2 Å². The molecule has 8 nitrogen and oxygen atoms in total. The Morgan fingerprint density at radius 1 is 1.20 bits per heavy atom. The second-order valence-electron chi connectivity index (χ2n) is 6.10. The van der Waals surface area contributed by atoms with Crippen LogP contribution in [0.25, 0.3) is 11.4 Å². The van der Waals surface area contributed by atoms with Crippen LogP contribution < -0.4 is 15.6 Å². The fourth-order valence-electron chi connectivity index (χ4n) is 2.64. The number of hydrogen-bond donors (Lipinski definition) is 1. The van der Waals surface area contributed by atoms with Crippen LogP contribution in [0.5, 0.6) is 5.75 Å². The number of aromatic nitrogens is 4. The van der Waals surface area contributed by atoms with Crippen LogP contribution in [-0.4, -0.2) is 38.3 Å². The van der Waals surface area contributed by atoms with Gasteiger partial charge < -0.3 is 10.1 Å². The van der Waals surface area contributed by atoms with Crippen molar-refractivity contribution in [2.24, 2.45) is 7.05 Å². The van der Waals surface area contributed by atoms with Crippen LogP contribution in [0.4, 0.5) is 13.2 Å². The molecule has 2 aromatic heterocycles. The third-order valence-electron chi connectivity index (χ3n) is 4.06. The molecule has 3 rings (SSSR count). The molecule has 1 N–H and O–H groups in total. The molecule has 3 aromatic rings. The summed E-state index contributed by atoms with van der Waals surface area (Å²) in [5.74, 6) is -0.971. The Morgan fingerprint density at radius 3 is 2.67 bits per heavy atom. The minimum Gasteiger partial charge on any atom is -0.405 e. The van der Waals surface area contributed by atoms with Crippen molar-refractivity contribution in [3.63, 3.8) is 0 Å². The van der Waals surface area contributed by atoms with Gasteiger partial charge >= 0.3 is 6.36 Å². The highest BCUT2D eigenvalue weighted by molar-refractivity contribution is 5.96. The molecular formula is C19H16F3N5O3. The summed E-state index contributed by atoms with van der Waals surface area (Å²) in [7, 11) is 1.53. The Labute approximate surface area is 168 Å². The zero-order chi connectivity index (χ0) is 21.7. The quantitative estimate of drug-likeness (QED) is 0.657. The van der Waals surface area contributed by atoms with Crippen LogP contribution in [0, 0.1) is 0 Å². The van der Waals surface area contributed by atoms with Gasteiger partial charge in [-0.15, -0.1) is 13.2 Å². The van der Waals surface area contributed by atoms with Gasteiger partial charge in [-0.2, -0.15) is 0 Å². The smallest absolute Gasteiger partial charge is 0.405 e. The van der Waals surface area contributed by atoms with Gasteiger partial charge in [-0.1, -0.05) is 12.1 Å². The molecule has 0 bridgehead atoms. The Balaban J connectivity index is 1.72. The number of nitrogens with zero attached hydrogens (tertiary/aromatic N) is 4. The van der Waals surface area contributed by atoms with Crippen molar-refractivity contribution in [2.75, 3.05) is 6.54 Å². The average Bonchev–Trinajstić information content (AvgIpc) is 2.70. The predicted molar refractivity (Wildman–Crippen MR) is 99.7 cm³/mol. The van der Waals surface area contributed by atoms with Gasteiger partial charge in [-0.05, 0) is 18.2 Å². The minimum atomic E-state index is -4.92. The Bertz CT molecular complexity index is 1100.